The van der Waals surface area contributed by atoms with Gasteiger partial charge in [-0.25, -0.2) is 18.7 Å². The number of alkyl halides is 3. The zero-order valence-corrected chi connectivity index (χ0v) is 20.4. The molecule has 0 aliphatic rings. The molecule has 13 heteroatoms. The lowest BCUT2D eigenvalue weighted by Gasteiger charge is -2.19. The first-order valence-electron chi connectivity index (χ1n) is 11.4. The predicted molar refractivity (Wildman–Crippen MR) is 134 cm³/mol. The number of nitrogens with one attached hydrogen (secondary N) is 1. The highest BCUT2D eigenvalue weighted by Crippen LogP contribution is 2.38. The van der Waals surface area contributed by atoms with E-state index in [1.54, 1.807) is 35.3 Å². The first-order chi connectivity index (χ1) is 18.2. The van der Waals surface area contributed by atoms with Gasteiger partial charge in [-0.2, -0.15) is 13.2 Å². The van der Waals surface area contributed by atoms with Gasteiger partial charge < -0.3 is 11.1 Å². The average molecular weight is 546 g/mol. The van der Waals surface area contributed by atoms with Gasteiger partial charge >= 0.3 is 6.18 Å². The SMILES string of the molecule is N[C@H](c1ccc(F)cc1Cc1cccc2cc(-c3nc(NCCn4ccnn4)ncc3F)sc12)C(F)(F)F. The lowest BCUT2D eigenvalue weighted by atomic mass is 9.94. The van der Waals surface area contributed by atoms with E-state index in [1.165, 1.54) is 11.3 Å². The van der Waals surface area contributed by atoms with Crippen LogP contribution in [0.4, 0.5) is 27.9 Å². The molecule has 0 saturated carbocycles. The largest absolute Gasteiger partial charge is 0.407 e. The number of benzene rings is 2. The monoisotopic (exact) mass is 545 g/mol. The van der Waals surface area contributed by atoms with Crippen molar-refractivity contribution >= 4 is 27.4 Å². The van der Waals surface area contributed by atoms with Crippen LogP contribution in [0.25, 0.3) is 20.7 Å². The van der Waals surface area contributed by atoms with Gasteiger partial charge in [-0.05, 0) is 46.7 Å². The molecule has 3 heterocycles. The molecule has 0 radical (unpaired) electrons. The number of hydrogen-bond acceptors (Lipinski definition) is 7. The molecule has 0 spiro atoms. The molecule has 3 N–H and O–H groups in total. The lowest BCUT2D eigenvalue weighted by Crippen LogP contribution is -2.29. The van der Waals surface area contributed by atoms with E-state index in [0.29, 0.717) is 23.5 Å². The van der Waals surface area contributed by atoms with E-state index in [-0.39, 0.29) is 29.2 Å². The van der Waals surface area contributed by atoms with E-state index < -0.39 is 23.9 Å². The third-order valence-electron chi connectivity index (χ3n) is 5.87. The number of nitrogens with two attached hydrogens (primary N) is 1. The minimum atomic E-state index is -4.68. The Balaban J connectivity index is 1.45. The second-order valence-electron chi connectivity index (χ2n) is 8.47. The number of nitrogens with zero attached hydrogens (tertiary/aromatic N) is 5. The molecule has 0 saturated heterocycles. The Morgan fingerprint density at radius 1 is 1.08 bits per heavy atom. The second-order valence-corrected chi connectivity index (χ2v) is 9.52. The summed E-state index contributed by atoms with van der Waals surface area (Å²) in [6.07, 6.45) is -0.336. The fourth-order valence-electron chi connectivity index (χ4n) is 4.05. The summed E-state index contributed by atoms with van der Waals surface area (Å²) >= 11 is 1.24. The van der Waals surface area contributed by atoms with Crippen molar-refractivity contribution in [1.29, 1.82) is 0 Å². The summed E-state index contributed by atoms with van der Waals surface area (Å²) in [7, 11) is 0. The average Bonchev–Trinajstić information content (AvgIpc) is 3.55. The molecule has 0 amide bonds. The maximum absolute atomic E-state index is 14.7. The van der Waals surface area contributed by atoms with Gasteiger partial charge in [0, 0.05) is 17.4 Å². The Morgan fingerprint density at radius 2 is 1.92 bits per heavy atom. The Kier molecular flexibility index (Phi) is 7.04. The van der Waals surface area contributed by atoms with Crippen molar-refractivity contribution in [1.82, 2.24) is 25.0 Å². The molecule has 0 aliphatic carbocycles. The van der Waals surface area contributed by atoms with Gasteiger partial charge in [0.2, 0.25) is 5.95 Å². The van der Waals surface area contributed by atoms with Crippen molar-refractivity contribution in [3.05, 3.63) is 89.4 Å². The normalized spacial score (nSPS) is 12.7. The molecule has 2 aromatic carbocycles. The first kappa shape index (κ1) is 25.7. The molecule has 0 unspecified atom stereocenters. The van der Waals surface area contributed by atoms with Gasteiger partial charge in [-0.15, -0.1) is 16.4 Å². The van der Waals surface area contributed by atoms with Gasteiger partial charge in [0.05, 0.1) is 23.8 Å². The van der Waals surface area contributed by atoms with Crippen LogP contribution in [-0.2, 0) is 13.0 Å². The number of thiophene rings is 1. The summed E-state index contributed by atoms with van der Waals surface area (Å²) in [6, 6.07) is 7.89. The molecule has 0 bridgehead atoms. The highest BCUT2D eigenvalue weighted by Gasteiger charge is 2.39. The molecule has 0 aliphatic heterocycles. The molecule has 5 rings (SSSR count). The van der Waals surface area contributed by atoms with Crippen molar-refractivity contribution in [3.8, 4) is 10.6 Å². The van der Waals surface area contributed by atoms with Crippen LogP contribution < -0.4 is 11.1 Å². The molecule has 196 valence electrons. The first-order valence-corrected chi connectivity index (χ1v) is 12.2. The number of fused-ring (bicyclic) bond motifs is 1. The standard InChI is InChI=1S/C25H20F5N7S/c26-17-4-5-18(23(31)25(28,29)30)16(11-17)10-14-2-1-3-15-12-20(38-22(14)15)21-19(27)13-33-24(35-21)32-6-8-37-9-7-34-36-37/h1-5,7,9,11-13,23H,6,8,10,31H2,(H,32,33,35)/t23-/m1/s1. The van der Waals surface area contributed by atoms with E-state index in [9.17, 15) is 22.0 Å². The van der Waals surface area contributed by atoms with Crippen LogP contribution in [0.15, 0.2) is 61.1 Å². The summed E-state index contributed by atoms with van der Waals surface area (Å²) in [6.45, 7) is 0.934. The number of rotatable bonds is 8. The minimum absolute atomic E-state index is 0.00944. The van der Waals surface area contributed by atoms with Crippen molar-refractivity contribution in [2.75, 3.05) is 11.9 Å². The third kappa shape index (κ3) is 5.48. The van der Waals surface area contributed by atoms with Crippen molar-refractivity contribution in [2.45, 2.75) is 25.2 Å². The van der Waals surface area contributed by atoms with Crippen molar-refractivity contribution in [3.63, 3.8) is 0 Å². The van der Waals surface area contributed by atoms with E-state index in [1.807, 2.05) is 6.07 Å². The number of halogens is 5. The highest BCUT2D eigenvalue weighted by molar-refractivity contribution is 7.22. The van der Waals surface area contributed by atoms with E-state index >= 15 is 0 Å². The van der Waals surface area contributed by atoms with Gasteiger partial charge in [0.1, 0.15) is 17.6 Å². The Morgan fingerprint density at radius 3 is 2.68 bits per heavy atom. The van der Waals surface area contributed by atoms with Crippen LogP contribution in [0.2, 0.25) is 0 Å². The van der Waals surface area contributed by atoms with Crippen LogP contribution in [0.1, 0.15) is 22.7 Å². The number of anilines is 1. The molecule has 5 aromatic rings. The Hall–Kier alpha value is -3.97. The van der Waals surface area contributed by atoms with Crippen LogP contribution >= 0.6 is 11.3 Å². The fourth-order valence-corrected chi connectivity index (χ4v) is 5.21. The second kappa shape index (κ2) is 10.4. The van der Waals surface area contributed by atoms with Gasteiger partial charge in [0.15, 0.2) is 5.82 Å². The van der Waals surface area contributed by atoms with Crippen LogP contribution in [0, 0.1) is 11.6 Å². The topological polar surface area (TPSA) is 94.5 Å². The fraction of sp³-hybridized carbons (Fsp3) is 0.200. The predicted octanol–water partition coefficient (Wildman–Crippen LogP) is 5.49. The maximum atomic E-state index is 14.7. The van der Waals surface area contributed by atoms with E-state index in [0.717, 1.165) is 34.5 Å². The molecular weight excluding hydrogens is 525 g/mol. The summed E-state index contributed by atoms with van der Waals surface area (Å²) in [5.74, 6) is -1.06. The zero-order chi connectivity index (χ0) is 26.9. The molecular formula is C25H20F5N7S. The molecule has 1 atom stereocenters. The smallest absolute Gasteiger partial charge is 0.352 e. The molecule has 3 aromatic heterocycles. The van der Waals surface area contributed by atoms with E-state index in [4.69, 9.17) is 5.73 Å². The molecule has 7 nitrogen and oxygen atoms in total. The lowest BCUT2D eigenvalue weighted by molar-refractivity contribution is -0.149. The van der Waals surface area contributed by atoms with Gasteiger partial charge in [-0.1, -0.05) is 29.5 Å². The summed E-state index contributed by atoms with van der Waals surface area (Å²) in [5, 5.41) is 11.4. The summed E-state index contributed by atoms with van der Waals surface area (Å²) < 4.78 is 71.1. The Bertz CT molecular complexity index is 1570. The Labute approximate surface area is 217 Å². The van der Waals surface area contributed by atoms with E-state index in [2.05, 4.69) is 25.6 Å². The van der Waals surface area contributed by atoms with Crippen molar-refractivity contribution in [2.24, 2.45) is 5.73 Å². The number of aromatic nitrogens is 5. The molecule has 0 fully saturated rings. The minimum Gasteiger partial charge on any atom is -0.352 e. The van der Waals surface area contributed by atoms with Crippen LogP contribution in [0.3, 0.4) is 0 Å². The molecule has 38 heavy (non-hydrogen) atoms. The third-order valence-corrected chi connectivity index (χ3v) is 7.11. The van der Waals surface area contributed by atoms with Gasteiger partial charge in [0.25, 0.3) is 0 Å². The van der Waals surface area contributed by atoms with Gasteiger partial charge in [-0.3, -0.25) is 4.68 Å². The van der Waals surface area contributed by atoms with Crippen molar-refractivity contribution < 1.29 is 22.0 Å². The van der Waals surface area contributed by atoms with Crippen LogP contribution in [-0.4, -0.2) is 37.7 Å². The summed E-state index contributed by atoms with van der Waals surface area (Å²) in [5.41, 5.74) is 6.12. The number of hydrogen-bond donors (Lipinski definition) is 2. The summed E-state index contributed by atoms with van der Waals surface area (Å²) in [4.78, 5) is 8.82. The quantitative estimate of drug-likeness (QED) is 0.251. The maximum Gasteiger partial charge on any atom is 0.407 e. The van der Waals surface area contributed by atoms with Crippen LogP contribution in [0.5, 0.6) is 0 Å². The zero-order valence-electron chi connectivity index (χ0n) is 19.6. The highest BCUT2D eigenvalue weighted by atomic mass is 32.1.